The second kappa shape index (κ2) is 34.7. The second-order valence-corrected chi connectivity index (χ2v) is 18.6. The fraction of sp³-hybridized carbons (Fsp3) is 0.729. The Hall–Kier alpha value is -2.70. The van der Waals surface area contributed by atoms with Crippen LogP contribution in [0.1, 0.15) is 149 Å². The van der Waals surface area contributed by atoms with Crippen LogP contribution in [0.15, 0.2) is 60.8 Å². The summed E-state index contributed by atoms with van der Waals surface area (Å²) in [6, 6.07) is 0. The van der Waals surface area contributed by atoms with Gasteiger partial charge < -0.3 is 38.1 Å². The number of nitrogens with zero attached hydrogens (tertiary/aromatic N) is 1. The summed E-state index contributed by atoms with van der Waals surface area (Å²) in [6.07, 6.45) is 34.3. The van der Waals surface area contributed by atoms with Crippen LogP contribution in [0.4, 0.5) is 0 Å². The molecule has 1 rings (SSSR count). The second-order valence-electron chi connectivity index (χ2n) is 17.2. The Morgan fingerprint density at radius 3 is 2.05 bits per heavy atom. The third-order valence-corrected chi connectivity index (χ3v) is 11.4. The first-order chi connectivity index (χ1) is 29.2. The van der Waals surface area contributed by atoms with Crippen LogP contribution in [-0.2, 0) is 37.5 Å². The number of hydrogen-bond donors (Lipinski definition) is 2. The molecule has 0 amide bonds. The number of unbranched alkanes of at least 4 members (excludes halogenated alkanes) is 9. The van der Waals surface area contributed by atoms with Gasteiger partial charge in [-0.05, 0) is 64.2 Å². The first kappa shape index (κ1) is 56.3. The van der Waals surface area contributed by atoms with Crippen molar-refractivity contribution in [2.75, 3.05) is 47.5 Å². The number of carbonyl (C=O) groups excluding carboxylic acids is 3. The van der Waals surface area contributed by atoms with Crippen LogP contribution in [0.25, 0.3) is 0 Å². The molecule has 0 bridgehead atoms. The Morgan fingerprint density at radius 2 is 1.41 bits per heavy atom. The molecule has 0 aromatic carbocycles. The Balaban J connectivity index is 2.48. The van der Waals surface area contributed by atoms with Crippen molar-refractivity contribution in [3.05, 3.63) is 60.8 Å². The third kappa shape index (κ3) is 31.7. The molecular weight excluding hydrogens is 797 g/mol. The van der Waals surface area contributed by atoms with Crippen LogP contribution in [0.5, 0.6) is 0 Å². The number of aliphatic hydroxyl groups excluding tert-OH is 2. The minimum absolute atomic E-state index is 0.0371. The van der Waals surface area contributed by atoms with Gasteiger partial charge in [0.1, 0.15) is 25.5 Å². The van der Waals surface area contributed by atoms with Gasteiger partial charge in [0.2, 0.25) is 0 Å². The van der Waals surface area contributed by atoms with Gasteiger partial charge in [0.05, 0.1) is 40.0 Å². The van der Waals surface area contributed by atoms with E-state index >= 15 is 0 Å². The molecule has 1 unspecified atom stereocenters. The van der Waals surface area contributed by atoms with Gasteiger partial charge in [-0.1, -0.05) is 126 Å². The molecule has 12 nitrogen and oxygen atoms in total. The van der Waals surface area contributed by atoms with Gasteiger partial charge in [0, 0.05) is 31.1 Å². The molecule has 0 aromatic heterocycles. The molecule has 13 heteroatoms. The minimum atomic E-state index is -4.70. The average molecular weight is 880 g/mol. The number of ketones is 1. The van der Waals surface area contributed by atoms with Gasteiger partial charge in [0.15, 0.2) is 6.10 Å². The van der Waals surface area contributed by atoms with E-state index in [1.807, 2.05) is 27.2 Å². The summed E-state index contributed by atoms with van der Waals surface area (Å²) >= 11 is 0. The van der Waals surface area contributed by atoms with E-state index in [1.165, 1.54) is 0 Å². The third-order valence-electron chi connectivity index (χ3n) is 10.4. The van der Waals surface area contributed by atoms with Crippen LogP contribution in [0.3, 0.4) is 0 Å². The molecule has 1 saturated carbocycles. The highest BCUT2D eigenvalue weighted by Crippen LogP contribution is 2.38. The molecule has 0 heterocycles. The topological polar surface area (TPSA) is 169 Å². The number of phosphoric ester groups is 1. The molecule has 6 atom stereocenters. The number of esters is 2. The molecule has 2 N–H and O–H groups in total. The average Bonchev–Trinajstić information content (AvgIpc) is 3.47. The number of hydrogen-bond acceptors (Lipinski definition) is 11. The Kier molecular flexibility index (Phi) is 32.1. The maximum absolute atomic E-state index is 12.8. The van der Waals surface area contributed by atoms with Crippen LogP contribution < -0.4 is 4.89 Å². The van der Waals surface area contributed by atoms with E-state index in [-0.39, 0.29) is 50.1 Å². The predicted molar refractivity (Wildman–Crippen MR) is 241 cm³/mol. The first-order valence-corrected chi connectivity index (χ1v) is 24.6. The standard InChI is InChI=1S/C48H82NO11P/c1-6-8-10-11-12-13-14-15-16-17-18-19-20-21-22-23-28-32-47(53)57-39-42(40-59-61(55,56)58-37-36-49(3,4)5)60-48(54)33-29-25-24-27-31-43-44(46(52)38-45(43)51)35-34-41(50)30-26-9-7-2/h8,10,12-13,15-16,18-19,34-35,41-44,46,50,52H,6-7,9,11,14,17,20-33,36-40H2,1-5H3/b10-8-,13-12-,16-15-,19-18-,35-34+/t41-,42+,43+,44+,46+/m0/s1. The van der Waals surface area contributed by atoms with Crippen molar-refractivity contribution >= 4 is 25.5 Å². The number of allylic oxidation sites excluding steroid dienone is 8. The molecular formula is C48H82NO11P. The highest BCUT2D eigenvalue weighted by molar-refractivity contribution is 7.45. The van der Waals surface area contributed by atoms with Crippen molar-refractivity contribution in [1.82, 2.24) is 0 Å². The highest BCUT2D eigenvalue weighted by atomic mass is 31.2. The normalized spacial score (nSPS) is 19.5. The molecule has 61 heavy (non-hydrogen) atoms. The number of rotatable bonds is 37. The largest absolute Gasteiger partial charge is 0.756 e. The van der Waals surface area contributed by atoms with Crippen LogP contribution in [0, 0.1) is 11.8 Å². The quantitative estimate of drug-likeness (QED) is 0.0201. The summed E-state index contributed by atoms with van der Waals surface area (Å²) in [5.41, 5.74) is 0. The van der Waals surface area contributed by atoms with Crippen molar-refractivity contribution in [2.24, 2.45) is 11.8 Å². The minimum Gasteiger partial charge on any atom is -0.756 e. The van der Waals surface area contributed by atoms with Crippen LogP contribution in [-0.4, -0.2) is 98.2 Å². The zero-order chi connectivity index (χ0) is 45.2. The maximum atomic E-state index is 12.8. The van der Waals surface area contributed by atoms with Crippen molar-refractivity contribution in [3.63, 3.8) is 0 Å². The number of likely N-dealkylation sites (N-methyl/N-ethyl adjacent to an activating group) is 1. The summed E-state index contributed by atoms with van der Waals surface area (Å²) in [5.74, 6) is -1.59. The number of aliphatic hydroxyl groups is 2. The predicted octanol–water partition coefficient (Wildman–Crippen LogP) is 9.20. The lowest BCUT2D eigenvalue weighted by atomic mass is 9.88. The number of quaternary nitrogens is 1. The molecule has 1 aliphatic rings. The van der Waals surface area contributed by atoms with Crippen molar-refractivity contribution in [2.45, 2.75) is 167 Å². The van der Waals surface area contributed by atoms with Gasteiger partial charge in [-0.3, -0.25) is 18.9 Å². The molecule has 0 saturated heterocycles. The van der Waals surface area contributed by atoms with E-state index in [2.05, 4.69) is 62.5 Å². The summed E-state index contributed by atoms with van der Waals surface area (Å²) in [5, 5.41) is 20.8. The lowest BCUT2D eigenvalue weighted by Gasteiger charge is -2.28. The fourth-order valence-corrected chi connectivity index (χ4v) is 7.50. The molecule has 0 aromatic rings. The van der Waals surface area contributed by atoms with Gasteiger partial charge >= 0.3 is 11.9 Å². The summed E-state index contributed by atoms with van der Waals surface area (Å²) < 4.78 is 33.9. The molecule has 0 spiro atoms. The smallest absolute Gasteiger partial charge is 0.306 e. The highest BCUT2D eigenvalue weighted by Gasteiger charge is 2.39. The molecule has 1 fully saturated rings. The fourth-order valence-electron chi connectivity index (χ4n) is 6.78. The van der Waals surface area contributed by atoms with E-state index in [0.717, 1.165) is 83.5 Å². The van der Waals surface area contributed by atoms with Gasteiger partial charge in [0.25, 0.3) is 7.82 Å². The molecule has 1 aliphatic carbocycles. The molecule has 0 aliphatic heterocycles. The van der Waals surface area contributed by atoms with Gasteiger partial charge in [-0.2, -0.15) is 0 Å². The Bertz CT molecular complexity index is 1390. The van der Waals surface area contributed by atoms with Gasteiger partial charge in [-0.25, -0.2) is 0 Å². The number of ether oxygens (including phenoxy) is 2. The zero-order valence-electron chi connectivity index (χ0n) is 38.3. The summed E-state index contributed by atoms with van der Waals surface area (Å²) in [4.78, 5) is 50.4. The van der Waals surface area contributed by atoms with Crippen LogP contribution in [0.2, 0.25) is 0 Å². The SMILES string of the molecule is CC/C=C\C/C=C\C/C=C\C/C=C\CCCCCCC(=O)OC[C@H](COP(=O)([O-])OCC[N+](C)(C)C)OC(=O)CCCCCC[C@H]1C(=O)C[C@@H](O)[C@@H]1/C=C/[C@@H](O)CCCCC. The summed E-state index contributed by atoms with van der Waals surface area (Å²) in [6.45, 7) is 3.69. The van der Waals surface area contributed by atoms with Crippen molar-refractivity contribution in [1.29, 1.82) is 0 Å². The lowest BCUT2D eigenvalue weighted by Crippen LogP contribution is -2.37. The Morgan fingerprint density at radius 1 is 0.803 bits per heavy atom. The monoisotopic (exact) mass is 880 g/mol. The van der Waals surface area contributed by atoms with Crippen molar-refractivity contribution in [3.8, 4) is 0 Å². The Labute approximate surface area is 368 Å². The number of phosphoric acid groups is 1. The number of carbonyl (C=O) groups is 3. The lowest BCUT2D eigenvalue weighted by molar-refractivity contribution is -0.870. The summed E-state index contributed by atoms with van der Waals surface area (Å²) in [7, 11) is 0.994. The van der Waals surface area contributed by atoms with E-state index in [0.29, 0.717) is 43.1 Å². The first-order valence-electron chi connectivity index (χ1n) is 23.1. The maximum Gasteiger partial charge on any atom is 0.306 e. The molecule has 0 radical (unpaired) electrons. The number of Topliss-reactive ketones (excluding diaryl/α,β-unsaturated/α-hetero) is 1. The van der Waals surface area contributed by atoms with E-state index in [1.54, 1.807) is 6.08 Å². The van der Waals surface area contributed by atoms with Crippen LogP contribution >= 0.6 is 7.82 Å². The zero-order valence-corrected chi connectivity index (χ0v) is 39.2. The van der Waals surface area contributed by atoms with E-state index < -0.39 is 44.7 Å². The van der Waals surface area contributed by atoms with Gasteiger partial charge in [-0.15, -0.1) is 0 Å². The van der Waals surface area contributed by atoms with E-state index in [4.69, 9.17) is 18.5 Å². The van der Waals surface area contributed by atoms with E-state index in [9.17, 15) is 34.1 Å². The van der Waals surface area contributed by atoms with Crippen molar-refractivity contribution < 1.29 is 57.1 Å². The molecule has 350 valence electrons.